The highest BCUT2D eigenvalue weighted by molar-refractivity contribution is 5.71. The zero-order valence-corrected chi connectivity index (χ0v) is 43.0. The molecular weight excluding hydrogens is 781 g/mol. The summed E-state index contributed by atoms with van der Waals surface area (Å²) in [5.41, 5.74) is 0. The van der Waals surface area contributed by atoms with Gasteiger partial charge in [0.2, 0.25) is 0 Å². The molecule has 0 aromatic carbocycles. The Bertz CT molecular complexity index is 951. The molecule has 374 valence electrons. The molecule has 0 bridgehead atoms. The van der Waals surface area contributed by atoms with Crippen molar-refractivity contribution < 1.29 is 28.6 Å². The van der Waals surface area contributed by atoms with Crippen molar-refractivity contribution in [3.05, 3.63) is 0 Å². The lowest BCUT2D eigenvalue weighted by atomic mass is 9.99. The quantitative estimate of drug-likeness (QED) is 0.0344. The predicted octanol–water partition coefficient (Wildman–Crippen LogP) is 18.6. The Labute approximate surface area is 393 Å². The van der Waals surface area contributed by atoms with Gasteiger partial charge in [0.25, 0.3) is 0 Å². The molecule has 0 aliphatic carbocycles. The second-order valence-corrected chi connectivity index (χ2v) is 19.8. The van der Waals surface area contributed by atoms with E-state index in [0.717, 1.165) is 63.7 Å². The lowest BCUT2D eigenvalue weighted by molar-refractivity contribution is -0.167. The third-order valence-corrected chi connectivity index (χ3v) is 13.4. The number of hydrogen-bond donors (Lipinski definition) is 0. The zero-order valence-electron chi connectivity index (χ0n) is 43.0. The van der Waals surface area contributed by atoms with Crippen LogP contribution in [0.4, 0.5) is 0 Å². The Kier molecular flexibility index (Phi) is 50.1. The summed E-state index contributed by atoms with van der Waals surface area (Å²) in [6.07, 6.45) is 55.2. The summed E-state index contributed by atoms with van der Waals surface area (Å²) in [4.78, 5) is 38.0. The van der Waals surface area contributed by atoms with Gasteiger partial charge in [0.05, 0.1) is 0 Å². The van der Waals surface area contributed by atoms with E-state index in [2.05, 4.69) is 27.7 Å². The van der Waals surface area contributed by atoms with Gasteiger partial charge >= 0.3 is 17.9 Å². The monoisotopic (exact) mass is 891 g/mol. The maximum absolute atomic E-state index is 12.8. The molecule has 0 saturated carbocycles. The van der Waals surface area contributed by atoms with Crippen LogP contribution in [0.1, 0.15) is 323 Å². The Morgan fingerprint density at radius 2 is 0.556 bits per heavy atom. The summed E-state index contributed by atoms with van der Waals surface area (Å²) < 4.78 is 16.8. The maximum atomic E-state index is 12.8. The van der Waals surface area contributed by atoms with E-state index in [9.17, 15) is 14.4 Å². The molecule has 0 rings (SSSR count). The molecule has 0 aromatic heterocycles. The molecule has 0 aromatic rings. The van der Waals surface area contributed by atoms with Crippen LogP contribution < -0.4 is 0 Å². The Balaban J connectivity index is 4.20. The SMILES string of the molecule is CCCCCCCCCCCCCCCC(=O)OC[C@@H](COC(=O)CCCCCCCCCCCC)OC(=O)CCCCCCCCCCCCCCCCCCCCC(C)CC. The van der Waals surface area contributed by atoms with Crippen LogP contribution in [-0.4, -0.2) is 37.2 Å². The van der Waals surface area contributed by atoms with E-state index in [1.807, 2.05) is 0 Å². The topological polar surface area (TPSA) is 78.9 Å². The van der Waals surface area contributed by atoms with Crippen molar-refractivity contribution in [2.24, 2.45) is 5.92 Å². The van der Waals surface area contributed by atoms with Crippen molar-refractivity contribution in [2.45, 2.75) is 329 Å². The van der Waals surface area contributed by atoms with Crippen molar-refractivity contribution >= 4 is 17.9 Å². The lowest BCUT2D eigenvalue weighted by Gasteiger charge is -2.18. The molecule has 6 nitrogen and oxygen atoms in total. The van der Waals surface area contributed by atoms with Gasteiger partial charge in [0.1, 0.15) is 13.2 Å². The largest absolute Gasteiger partial charge is 0.462 e. The first-order valence-corrected chi connectivity index (χ1v) is 28.4. The first-order valence-electron chi connectivity index (χ1n) is 28.4. The molecule has 0 aliphatic heterocycles. The average Bonchev–Trinajstić information content (AvgIpc) is 3.28. The first kappa shape index (κ1) is 61.4. The molecule has 63 heavy (non-hydrogen) atoms. The number of ether oxygens (including phenoxy) is 3. The van der Waals surface area contributed by atoms with Crippen molar-refractivity contribution in [1.29, 1.82) is 0 Å². The number of hydrogen-bond acceptors (Lipinski definition) is 6. The molecule has 0 fully saturated rings. The van der Waals surface area contributed by atoms with E-state index < -0.39 is 6.10 Å². The van der Waals surface area contributed by atoms with E-state index in [0.29, 0.717) is 19.3 Å². The highest BCUT2D eigenvalue weighted by Gasteiger charge is 2.19. The van der Waals surface area contributed by atoms with Crippen LogP contribution in [-0.2, 0) is 28.6 Å². The van der Waals surface area contributed by atoms with Gasteiger partial charge in [-0.15, -0.1) is 0 Å². The summed E-state index contributed by atoms with van der Waals surface area (Å²) in [6, 6.07) is 0. The van der Waals surface area contributed by atoms with Crippen LogP contribution in [0.25, 0.3) is 0 Å². The van der Waals surface area contributed by atoms with Crippen molar-refractivity contribution in [3.63, 3.8) is 0 Å². The normalized spacial score (nSPS) is 12.4. The summed E-state index contributed by atoms with van der Waals surface area (Å²) in [5.74, 6) is 0.0697. The van der Waals surface area contributed by atoms with Crippen LogP contribution in [0, 0.1) is 5.92 Å². The third-order valence-electron chi connectivity index (χ3n) is 13.4. The van der Waals surface area contributed by atoms with Gasteiger partial charge in [-0.25, -0.2) is 0 Å². The van der Waals surface area contributed by atoms with Crippen LogP contribution >= 0.6 is 0 Å². The van der Waals surface area contributed by atoms with E-state index in [1.165, 1.54) is 218 Å². The predicted molar refractivity (Wildman–Crippen MR) is 270 cm³/mol. The molecule has 6 heteroatoms. The second-order valence-electron chi connectivity index (χ2n) is 19.8. The van der Waals surface area contributed by atoms with E-state index in [-0.39, 0.29) is 31.1 Å². The highest BCUT2D eigenvalue weighted by atomic mass is 16.6. The van der Waals surface area contributed by atoms with Crippen LogP contribution in [0.15, 0.2) is 0 Å². The molecule has 0 radical (unpaired) electrons. The molecule has 0 amide bonds. The van der Waals surface area contributed by atoms with E-state index in [4.69, 9.17) is 14.2 Å². The fraction of sp³-hybridized carbons (Fsp3) is 0.947. The zero-order chi connectivity index (χ0) is 45.9. The molecule has 0 heterocycles. The van der Waals surface area contributed by atoms with Gasteiger partial charge in [-0.05, 0) is 25.2 Å². The Morgan fingerprint density at radius 1 is 0.317 bits per heavy atom. The fourth-order valence-corrected chi connectivity index (χ4v) is 8.72. The average molecular weight is 892 g/mol. The summed E-state index contributed by atoms with van der Waals surface area (Å²) in [6.45, 7) is 9.09. The maximum Gasteiger partial charge on any atom is 0.306 e. The second kappa shape index (κ2) is 51.4. The molecule has 2 atom stereocenters. The first-order chi connectivity index (χ1) is 30.9. The van der Waals surface area contributed by atoms with Gasteiger partial charge in [0, 0.05) is 19.3 Å². The summed E-state index contributed by atoms with van der Waals surface area (Å²) >= 11 is 0. The minimum Gasteiger partial charge on any atom is -0.462 e. The van der Waals surface area contributed by atoms with Crippen LogP contribution in [0.3, 0.4) is 0 Å². The summed E-state index contributed by atoms with van der Waals surface area (Å²) in [7, 11) is 0. The fourth-order valence-electron chi connectivity index (χ4n) is 8.72. The number of unbranched alkanes of at least 4 members (excludes halogenated alkanes) is 38. The van der Waals surface area contributed by atoms with Gasteiger partial charge in [-0.1, -0.05) is 285 Å². The van der Waals surface area contributed by atoms with E-state index >= 15 is 0 Å². The Hall–Kier alpha value is -1.59. The number of rotatable bonds is 52. The molecule has 0 spiro atoms. The van der Waals surface area contributed by atoms with Crippen molar-refractivity contribution in [3.8, 4) is 0 Å². The smallest absolute Gasteiger partial charge is 0.306 e. The molecular formula is C57H110O6. The number of esters is 3. The highest BCUT2D eigenvalue weighted by Crippen LogP contribution is 2.18. The standard InChI is InChI=1S/C57H110O6/c1-5-8-10-12-14-16-18-25-29-33-37-41-45-49-56(59)62-52-54(51-61-55(58)48-44-40-36-32-17-15-13-11-9-6-2)63-57(60)50-46-42-38-34-30-27-24-22-20-19-21-23-26-28-31-35-39-43-47-53(4)7-3/h53-54H,5-52H2,1-4H3/t53?,54-/m1/s1. The van der Waals surface area contributed by atoms with E-state index in [1.54, 1.807) is 0 Å². The van der Waals surface area contributed by atoms with Gasteiger partial charge in [-0.3, -0.25) is 14.4 Å². The van der Waals surface area contributed by atoms with Crippen molar-refractivity contribution in [1.82, 2.24) is 0 Å². The number of carbonyl (C=O) groups is 3. The Morgan fingerprint density at radius 3 is 0.825 bits per heavy atom. The van der Waals surface area contributed by atoms with Crippen LogP contribution in [0.2, 0.25) is 0 Å². The van der Waals surface area contributed by atoms with Gasteiger partial charge in [-0.2, -0.15) is 0 Å². The minimum atomic E-state index is -0.760. The molecule has 0 aliphatic rings. The molecule has 0 N–H and O–H groups in total. The van der Waals surface area contributed by atoms with Gasteiger partial charge < -0.3 is 14.2 Å². The van der Waals surface area contributed by atoms with Crippen LogP contribution in [0.5, 0.6) is 0 Å². The molecule has 1 unspecified atom stereocenters. The minimum absolute atomic E-state index is 0.0621. The van der Waals surface area contributed by atoms with Gasteiger partial charge in [0.15, 0.2) is 6.10 Å². The number of carbonyl (C=O) groups excluding carboxylic acids is 3. The van der Waals surface area contributed by atoms with Crippen molar-refractivity contribution in [2.75, 3.05) is 13.2 Å². The summed E-state index contributed by atoms with van der Waals surface area (Å²) in [5, 5.41) is 0. The lowest BCUT2D eigenvalue weighted by Crippen LogP contribution is -2.30. The molecule has 0 saturated heterocycles. The third kappa shape index (κ3) is 49.7.